The summed E-state index contributed by atoms with van der Waals surface area (Å²) < 4.78 is 5.43. The van der Waals surface area contributed by atoms with Crippen molar-refractivity contribution in [1.82, 2.24) is 4.90 Å². The summed E-state index contributed by atoms with van der Waals surface area (Å²) in [6.45, 7) is 14.8. The molecular weight excluding hydrogens is 344 g/mol. The normalized spacial score (nSPS) is 28.0. The Labute approximate surface area is 163 Å². The first-order valence-electron chi connectivity index (χ1n) is 10.0. The van der Waals surface area contributed by atoms with Crippen LogP contribution >= 0.6 is 0 Å². The van der Waals surface area contributed by atoms with E-state index in [9.17, 15) is 15.0 Å². The van der Waals surface area contributed by atoms with Crippen LogP contribution < -0.4 is 0 Å². The summed E-state index contributed by atoms with van der Waals surface area (Å²) in [5, 5.41) is 20.8. The fraction of sp³-hybridized carbons (Fsp3) is 0.810. The van der Waals surface area contributed by atoms with E-state index >= 15 is 0 Å². The molecule has 1 saturated heterocycles. The summed E-state index contributed by atoms with van der Waals surface area (Å²) in [6, 6.07) is -0.356. The zero-order chi connectivity index (χ0) is 20.4. The number of hydrogen-bond acceptors (Lipinski definition) is 5. The molecule has 0 aliphatic carbocycles. The Morgan fingerprint density at radius 1 is 1.37 bits per heavy atom. The highest BCUT2D eigenvalue weighted by molar-refractivity contribution is 5.97. The van der Waals surface area contributed by atoms with Crippen LogP contribution in [0.3, 0.4) is 0 Å². The van der Waals surface area contributed by atoms with Crippen molar-refractivity contribution >= 4 is 11.8 Å². The van der Waals surface area contributed by atoms with Gasteiger partial charge >= 0.3 is 5.97 Å². The average molecular weight is 381 g/mol. The van der Waals surface area contributed by atoms with Gasteiger partial charge in [0, 0.05) is 13.1 Å². The van der Waals surface area contributed by atoms with Crippen LogP contribution in [-0.4, -0.2) is 65.4 Å². The first kappa shape index (κ1) is 21.9. The molecule has 0 aromatic carbocycles. The SMILES string of the molecule is CC1=CC(N2CCOCC2)=NC(C(C)C)C1(CCC(O)C(C)(C)C)C(=O)O. The van der Waals surface area contributed by atoms with Crippen LogP contribution in [-0.2, 0) is 9.53 Å². The third-order valence-electron chi connectivity index (χ3n) is 5.99. The van der Waals surface area contributed by atoms with E-state index in [0.29, 0.717) is 26.1 Å². The number of nitrogens with zero attached hydrogens (tertiary/aromatic N) is 2. The van der Waals surface area contributed by atoms with Crippen molar-refractivity contribution in [2.75, 3.05) is 26.3 Å². The molecule has 2 aliphatic rings. The lowest BCUT2D eigenvalue weighted by Crippen LogP contribution is -2.51. The van der Waals surface area contributed by atoms with Gasteiger partial charge in [0.25, 0.3) is 0 Å². The number of dihydropyridines is 1. The number of carbonyl (C=O) groups is 1. The Morgan fingerprint density at radius 2 is 1.96 bits per heavy atom. The first-order chi connectivity index (χ1) is 12.5. The quantitative estimate of drug-likeness (QED) is 0.766. The number of rotatable bonds is 5. The highest BCUT2D eigenvalue weighted by Gasteiger charge is 2.51. The lowest BCUT2D eigenvalue weighted by molar-refractivity contribution is -0.149. The van der Waals surface area contributed by atoms with Crippen molar-refractivity contribution < 1.29 is 19.7 Å². The Balaban J connectivity index is 2.36. The van der Waals surface area contributed by atoms with E-state index in [2.05, 4.69) is 4.90 Å². The topological polar surface area (TPSA) is 82.4 Å². The van der Waals surface area contributed by atoms with Crippen LogP contribution in [0.2, 0.25) is 0 Å². The van der Waals surface area contributed by atoms with E-state index in [1.165, 1.54) is 0 Å². The largest absolute Gasteiger partial charge is 0.481 e. The molecule has 2 rings (SSSR count). The van der Waals surface area contributed by atoms with Gasteiger partial charge in [-0.25, -0.2) is 0 Å². The highest BCUT2D eigenvalue weighted by Crippen LogP contribution is 2.45. The van der Waals surface area contributed by atoms with Gasteiger partial charge in [-0.1, -0.05) is 40.2 Å². The molecule has 27 heavy (non-hydrogen) atoms. The van der Waals surface area contributed by atoms with Gasteiger partial charge in [0.2, 0.25) is 0 Å². The molecule has 0 aromatic rings. The van der Waals surface area contributed by atoms with Crippen LogP contribution in [0.1, 0.15) is 54.4 Å². The molecule has 2 aliphatic heterocycles. The van der Waals surface area contributed by atoms with Crippen molar-refractivity contribution in [2.45, 2.75) is 66.5 Å². The minimum atomic E-state index is -1.07. The van der Waals surface area contributed by atoms with Gasteiger partial charge in [-0.3, -0.25) is 9.79 Å². The molecular formula is C21H36N2O4. The molecule has 0 radical (unpaired) electrons. The zero-order valence-electron chi connectivity index (χ0n) is 17.7. The summed E-state index contributed by atoms with van der Waals surface area (Å²) in [5.74, 6) is 0.0937. The number of carboxylic acid groups (broad SMARTS) is 1. The highest BCUT2D eigenvalue weighted by atomic mass is 16.5. The van der Waals surface area contributed by atoms with Crippen molar-refractivity contribution in [3.63, 3.8) is 0 Å². The number of aliphatic hydroxyl groups excluding tert-OH is 1. The van der Waals surface area contributed by atoms with Crippen LogP contribution in [0.5, 0.6) is 0 Å². The second kappa shape index (κ2) is 8.31. The Bertz CT molecular complexity index is 600. The van der Waals surface area contributed by atoms with Crippen LogP contribution in [0.25, 0.3) is 0 Å². The molecule has 154 valence electrons. The summed E-state index contributed by atoms with van der Waals surface area (Å²) in [4.78, 5) is 19.6. The summed E-state index contributed by atoms with van der Waals surface area (Å²) in [6.07, 6.45) is 2.19. The standard InChI is InChI=1S/C21H36N2O4/c1-14(2)18-21(19(25)26,8-7-16(24)20(4,5)6)15(3)13-17(22-18)23-9-11-27-12-10-23/h13-14,16,18,24H,7-12H2,1-6H3,(H,25,26). The molecule has 6 nitrogen and oxygen atoms in total. The van der Waals surface area contributed by atoms with E-state index in [4.69, 9.17) is 9.73 Å². The molecule has 0 amide bonds. The number of morpholine rings is 1. The predicted molar refractivity (Wildman–Crippen MR) is 107 cm³/mol. The third-order valence-corrected chi connectivity index (χ3v) is 5.99. The predicted octanol–water partition coefficient (Wildman–Crippen LogP) is 2.96. The Kier molecular flexibility index (Phi) is 6.74. The number of aliphatic hydroxyl groups is 1. The maximum absolute atomic E-state index is 12.5. The van der Waals surface area contributed by atoms with Gasteiger partial charge in [0.15, 0.2) is 0 Å². The van der Waals surface area contributed by atoms with Crippen LogP contribution in [0.4, 0.5) is 0 Å². The van der Waals surface area contributed by atoms with Gasteiger partial charge in [0.05, 0.1) is 25.4 Å². The zero-order valence-corrected chi connectivity index (χ0v) is 17.7. The monoisotopic (exact) mass is 380 g/mol. The van der Waals surface area contributed by atoms with E-state index in [1.807, 2.05) is 47.6 Å². The second-order valence-corrected chi connectivity index (χ2v) is 9.30. The molecule has 2 heterocycles. The van der Waals surface area contributed by atoms with Crippen LogP contribution in [0, 0.1) is 16.7 Å². The van der Waals surface area contributed by atoms with Gasteiger partial charge in [-0.05, 0) is 37.2 Å². The fourth-order valence-electron chi connectivity index (χ4n) is 4.07. The van der Waals surface area contributed by atoms with E-state index < -0.39 is 17.5 Å². The minimum absolute atomic E-state index is 0.0765. The molecule has 0 aromatic heterocycles. The maximum atomic E-state index is 12.5. The minimum Gasteiger partial charge on any atom is -0.481 e. The molecule has 3 atom stereocenters. The van der Waals surface area contributed by atoms with Crippen molar-refractivity contribution in [1.29, 1.82) is 0 Å². The Hall–Kier alpha value is -1.40. The van der Waals surface area contributed by atoms with E-state index in [1.54, 1.807) is 0 Å². The molecule has 2 N–H and O–H groups in total. The lowest BCUT2D eigenvalue weighted by atomic mass is 9.65. The van der Waals surface area contributed by atoms with Gasteiger partial charge in [-0.2, -0.15) is 0 Å². The Morgan fingerprint density at radius 3 is 2.44 bits per heavy atom. The number of ether oxygens (including phenoxy) is 1. The van der Waals surface area contributed by atoms with E-state index in [0.717, 1.165) is 24.5 Å². The molecule has 1 fully saturated rings. The fourth-order valence-corrected chi connectivity index (χ4v) is 4.07. The van der Waals surface area contributed by atoms with Crippen LogP contribution in [0.15, 0.2) is 16.6 Å². The van der Waals surface area contributed by atoms with Crippen molar-refractivity contribution in [3.05, 3.63) is 11.6 Å². The smallest absolute Gasteiger partial charge is 0.315 e. The second-order valence-electron chi connectivity index (χ2n) is 9.30. The summed E-state index contributed by atoms with van der Waals surface area (Å²) >= 11 is 0. The van der Waals surface area contributed by atoms with Gasteiger partial charge in [0.1, 0.15) is 11.3 Å². The number of amidine groups is 1. The van der Waals surface area contributed by atoms with Gasteiger partial charge < -0.3 is 19.8 Å². The number of aliphatic carboxylic acids is 1. The molecule has 6 heteroatoms. The first-order valence-corrected chi connectivity index (χ1v) is 10.0. The molecule has 0 saturated carbocycles. The van der Waals surface area contributed by atoms with Crippen molar-refractivity contribution in [2.24, 2.45) is 21.7 Å². The maximum Gasteiger partial charge on any atom is 0.315 e. The number of aliphatic imine (C=N–C) groups is 1. The number of carboxylic acids is 1. The average Bonchev–Trinajstić information content (AvgIpc) is 2.59. The molecule has 3 unspecified atom stereocenters. The van der Waals surface area contributed by atoms with Crippen molar-refractivity contribution in [3.8, 4) is 0 Å². The summed E-state index contributed by atoms with van der Waals surface area (Å²) in [5.41, 5.74) is -0.524. The lowest BCUT2D eigenvalue weighted by Gasteiger charge is -2.43. The molecule has 0 spiro atoms. The van der Waals surface area contributed by atoms with Gasteiger partial charge in [-0.15, -0.1) is 0 Å². The number of hydrogen-bond donors (Lipinski definition) is 2. The third kappa shape index (κ3) is 4.54. The molecule has 0 bridgehead atoms. The van der Waals surface area contributed by atoms with E-state index in [-0.39, 0.29) is 17.4 Å². The summed E-state index contributed by atoms with van der Waals surface area (Å²) in [7, 11) is 0.